The number of carbonyl (C=O) groups is 1. The van der Waals surface area contributed by atoms with Crippen LogP contribution < -0.4 is 5.32 Å². The molecule has 4 nitrogen and oxygen atoms in total. The maximum atomic E-state index is 12.0. The fourth-order valence-electron chi connectivity index (χ4n) is 1.76. The van der Waals surface area contributed by atoms with Crippen LogP contribution in [-0.2, 0) is 7.05 Å². The quantitative estimate of drug-likeness (QED) is 0.868. The summed E-state index contributed by atoms with van der Waals surface area (Å²) in [4.78, 5) is 12.3. The summed E-state index contributed by atoms with van der Waals surface area (Å²) >= 11 is 3.60. The van der Waals surface area contributed by atoms with Gasteiger partial charge in [-0.05, 0) is 18.8 Å². The predicted molar refractivity (Wildman–Crippen MR) is 77.1 cm³/mol. The summed E-state index contributed by atoms with van der Waals surface area (Å²) in [6.45, 7) is 9.09. The van der Waals surface area contributed by atoms with Crippen LogP contribution in [0.15, 0.2) is 6.20 Å². The second-order valence-electron chi connectivity index (χ2n) is 5.84. The summed E-state index contributed by atoms with van der Waals surface area (Å²) in [5.41, 5.74) is 1.78. The molecule has 1 atom stereocenters. The van der Waals surface area contributed by atoms with Gasteiger partial charge in [-0.1, -0.05) is 36.7 Å². The number of hydrogen-bond donors (Lipinski definition) is 1. The topological polar surface area (TPSA) is 46.9 Å². The molecule has 1 rings (SSSR count). The molecule has 1 amide bonds. The van der Waals surface area contributed by atoms with E-state index in [2.05, 4.69) is 47.1 Å². The van der Waals surface area contributed by atoms with Crippen LogP contribution in [0.2, 0.25) is 0 Å². The third kappa shape index (κ3) is 4.44. The maximum absolute atomic E-state index is 12.0. The van der Waals surface area contributed by atoms with Gasteiger partial charge in [0.15, 0.2) is 0 Å². The SMILES string of the molecule is Cc1c(C(=O)NCC(Br)CC(C)(C)C)cnn1C. The van der Waals surface area contributed by atoms with Crippen molar-refractivity contribution in [2.75, 3.05) is 6.54 Å². The average molecular weight is 316 g/mol. The molecule has 1 unspecified atom stereocenters. The summed E-state index contributed by atoms with van der Waals surface area (Å²) in [5.74, 6) is -0.0565. The molecule has 1 aromatic heterocycles. The van der Waals surface area contributed by atoms with Gasteiger partial charge in [0.05, 0.1) is 11.8 Å². The fraction of sp³-hybridized carbons (Fsp3) is 0.692. The van der Waals surface area contributed by atoms with Crippen molar-refractivity contribution >= 4 is 21.8 Å². The number of nitrogens with one attached hydrogen (secondary N) is 1. The van der Waals surface area contributed by atoms with Crippen LogP contribution in [0.4, 0.5) is 0 Å². The molecule has 0 radical (unpaired) electrons. The predicted octanol–water partition coefficient (Wildman–Crippen LogP) is 2.66. The van der Waals surface area contributed by atoms with E-state index in [0.29, 0.717) is 16.9 Å². The average Bonchev–Trinajstić information content (AvgIpc) is 2.54. The lowest BCUT2D eigenvalue weighted by molar-refractivity contribution is 0.0951. The van der Waals surface area contributed by atoms with Crippen molar-refractivity contribution in [3.8, 4) is 0 Å². The standard InChI is InChI=1S/C13H22BrN3O/c1-9-11(8-16-17(9)5)12(18)15-7-10(14)6-13(2,3)4/h8,10H,6-7H2,1-5H3,(H,15,18). The molecule has 0 aliphatic carbocycles. The van der Waals surface area contributed by atoms with Crippen LogP contribution >= 0.6 is 15.9 Å². The number of alkyl halides is 1. The second kappa shape index (κ2) is 5.87. The summed E-state index contributed by atoms with van der Waals surface area (Å²) < 4.78 is 1.70. The minimum Gasteiger partial charge on any atom is -0.351 e. The Labute approximate surface area is 117 Å². The van der Waals surface area contributed by atoms with Gasteiger partial charge in [0.1, 0.15) is 0 Å². The molecule has 0 saturated carbocycles. The number of nitrogens with zero attached hydrogens (tertiary/aromatic N) is 2. The molecule has 0 fully saturated rings. The zero-order valence-corrected chi connectivity index (χ0v) is 13.3. The molecule has 1 N–H and O–H groups in total. The van der Waals surface area contributed by atoms with Crippen LogP contribution in [0.3, 0.4) is 0 Å². The molecular formula is C13H22BrN3O. The third-order valence-corrected chi connectivity index (χ3v) is 3.45. The highest BCUT2D eigenvalue weighted by Gasteiger charge is 2.18. The summed E-state index contributed by atoms with van der Waals surface area (Å²) in [7, 11) is 1.83. The Morgan fingerprint density at radius 1 is 1.56 bits per heavy atom. The molecule has 1 aromatic rings. The molecule has 0 aliphatic heterocycles. The Morgan fingerprint density at radius 2 is 2.17 bits per heavy atom. The van der Waals surface area contributed by atoms with Gasteiger partial charge in [-0.2, -0.15) is 5.10 Å². The molecule has 0 bridgehead atoms. The van der Waals surface area contributed by atoms with E-state index in [1.54, 1.807) is 10.9 Å². The Hall–Kier alpha value is -0.840. The van der Waals surface area contributed by atoms with E-state index >= 15 is 0 Å². The van der Waals surface area contributed by atoms with Crippen LogP contribution in [0.1, 0.15) is 43.2 Å². The number of halogens is 1. The van der Waals surface area contributed by atoms with Gasteiger partial charge in [0.2, 0.25) is 0 Å². The monoisotopic (exact) mass is 315 g/mol. The molecule has 0 spiro atoms. The van der Waals surface area contributed by atoms with Gasteiger partial charge in [-0.3, -0.25) is 9.48 Å². The van der Waals surface area contributed by atoms with Crippen molar-refractivity contribution in [3.05, 3.63) is 17.5 Å². The number of carbonyl (C=O) groups excluding carboxylic acids is 1. The van der Waals surface area contributed by atoms with Gasteiger partial charge < -0.3 is 5.32 Å². The summed E-state index contributed by atoms with van der Waals surface area (Å²) in [6.07, 6.45) is 2.62. The Bertz CT molecular complexity index is 420. The number of aryl methyl sites for hydroxylation is 1. The number of hydrogen-bond acceptors (Lipinski definition) is 2. The van der Waals surface area contributed by atoms with E-state index in [0.717, 1.165) is 12.1 Å². The van der Waals surface area contributed by atoms with Gasteiger partial charge in [-0.25, -0.2) is 0 Å². The first-order valence-electron chi connectivity index (χ1n) is 6.11. The van der Waals surface area contributed by atoms with E-state index < -0.39 is 0 Å². The Morgan fingerprint density at radius 3 is 2.61 bits per heavy atom. The van der Waals surface area contributed by atoms with E-state index in [4.69, 9.17) is 0 Å². The van der Waals surface area contributed by atoms with E-state index in [9.17, 15) is 4.79 Å². The molecule has 0 saturated heterocycles. The minimum atomic E-state index is -0.0565. The van der Waals surface area contributed by atoms with Crippen LogP contribution in [0, 0.1) is 12.3 Å². The van der Waals surface area contributed by atoms with E-state index in [1.807, 2.05) is 14.0 Å². The highest BCUT2D eigenvalue weighted by molar-refractivity contribution is 9.09. The molecule has 1 heterocycles. The first-order valence-corrected chi connectivity index (χ1v) is 7.03. The Kier molecular flexibility index (Phi) is 4.96. The second-order valence-corrected chi connectivity index (χ2v) is 7.13. The van der Waals surface area contributed by atoms with Crippen molar-refractivity contribution in [2.24, 2.45) is 12.5 Å². The van der Waals surface area contributed by atoms with Crippen molar-refractivity contribution in [1.82, 2.24) is 15.1 Å². The highest BCUT2D eigenvalue weighted by atomic mass is 79.9. The molecule has 5 heteroatoms. The molecule has 102 valence electrons. The molecule has 18 heavy (non-hydrogen) atoms. The van der Waals surface area contributed by atoms with Gasteiger partial charge in [0.25, 0.3) is 5.91 Å². The highest BCUT2D eigenvalue weighted by Crippen LogP contribution is 2.24. The first kappa shape index (κ1) is 15.2. The lowest BCUT2D eigenvalue weighted by Crippen LogP contribution is -2.31. The minimum absolute atomic E-state index is 0.0565. The van der Waals surface area contributed by atoms with Crippen molar-refractivity contribution in [2.45, 2.75) is 38.9 Å². The summed E-state index contributed by atoms with van der Waals surface area (Å²) in [6, 6.07) is 0. The molecule has 0 aliphatic rings. The largest absolute Gasteiger partial charge is 0.351 e. The van der Waals surface area contributed by atoms with Crippen molar-refractivity contribution in [3.63, 3.8) is 0 Å². The Balaban J connectivity index is 2.49. The number of rotatable bonds is 4. The lowest BCUT2D eigenvalue weighted by atomic mass is 9.90. The van der Waals surface area contributed by atoms with Crippen molar-refractivity contribution < 1.29 is 4.79 Å². The third-order valence-electron chi connectivity index (χ3n) is 2.80. The smallest absolute Gasteiger partial charge is 0.254 e. The number of amides is 1. The van der Waals surface area contributed by atoms with Crippen molar-refractivity contribution in [1.29, 1.82) is 0 Å². The van der Waals surface area contributed by atoms with Crippen LogP contribution in [-0.4, -0.2) is 27.1 Å². The van der Waals surface area contributed by atoms with Gasteiger partial charge >= 0.3 is 0 Å². The van der Waals surface area contributed by atoms with E-state index in [1.165, 1.54) is 0 Å². The summed E-state index contributed by atoms with van der Waals surface area (Å²) in [5, 5.41) is 7.00. The van der Waals surface area contributed by atoms with E-state index in [-0.39, 0.29) is 11.3 Å². The normalized spacial score (nSPS) is 13.4. The van der Waals surface area contributed by atoms with Crippen LogP contribution in [0.25, 0.3) is 0 Å². The van der Waals surface area contributed by atoms with Gasteiger partial charge in [-0.15, -0.1) is 0 Å². The van der Waals surface area contributed by atoms with Crippen LogP contribution in [0.5, 0.6) is 0 Å². The zero-order valence-electron chi connectivity index (χ0n) is 11.7. The molecular weight excluding hydrogens is 294 g/mol. The fourth-order valence-corrected chi connectivity index (χ4v) is 2.89. The maximum Gasteiger partial charge on any atom is 0.254 e. The van der Waals surface area contributed by atoms with Gasteiger partial charge in [0, 0.05) is 24.1 Å². The first-order chi connectivity index (χ1) is 8.20. The molecule has 0 aromatic carbocycles. The zero-order chi connectivity index (χ0) is 13.9. The number of aromatic nitrogens is 2. The lowest BCUT2D eigenvalue weighted by Gasteiger charge is -2.22.